The van der Waals surface area contributed by atoms with Gasteiger partial charge in [-0.15, -0.1) is 0 Å². The Morgan fingerprint density at radius 1 is 1.25 bits per heavy atom. The smallest absolute Gasteiger partial charge is 0.0236 e. The molecule has 1 aliphatic carbocycles. The topological polar surface area (TPSA) is 3.24 Å². The van der Waals surface area contributed by atoms with Crippen molar-refractivity contribution < 1.29 is 0 Å². The summed E-state index contributed by atoms with van der Waals surface area (Å²) in [5, 5.41) is 0. The Labute approximate surface area is 112 Å². The Morgan fingerprint density at radius 3 is 2.50 bits per heavy atom. The fourth-order valence-corrected chi connectivity index (χ4v) is 2.38. The number of nitrogens with zero attached hydrogens (tertiary/aromatic N) is 1. The lowest BCUT2D eigenvalue weighted by Gasteiger charge is -2.21. The van der Waals surface area contributed by atoms with E-state index < -0.39 is 0 Å². The molecule has 0 aromatic heterocycles. The van der Waals surface area contributed by atoms with Crippen LogP contribution in [0.2, 0.25) is 0 Å². The minimum absolute atomic E-state index is 0.880. The molecule has 0 radical (unpaired) electrons. The second kappa shape index (κ2) is 6.01. The molecular weight excluding hydrogens is 309 g/mol. The van der Waals surface area contributed by atoms with Crippen LogP contribution in [0, 0.1) is 3.57 Å². The highest BCUT2D eigenvalue weighted by Gasteiger charge is 2.28. The second-order valence-electron chi connectivity index (χ2n) is 4.68. The molecule has 0 spiro atoms. The fourth-order valence-electron chi connectivity index (χ4n) is 2.02. The maximum atomic E-state index is 2.66. The summed E-state index contributed by atoms with van der Waals surface area (Å²) in [5.41, 5.74) is 1.46. The van der Waals surface area contributed by atoms with Crippen LogP contribution in [0.3, 0.4) is 0 Å². The zero-order valence-corrected chi connectivity index (χ0v) is 12.1. The van der Waals surface area contributed by atoms with Gasteiger partial charge in [-0.3, -0.25) is 4.90 Å². The van der Waals surface area contributed by atoms with Gasteiger partial charge in [0.05, 0.1) is 0 Å². The molecule has 0 amide bonds. The molecule has 0 aliphatic heterocycles. The highest BCUT2D eigenvalue weighted by Crippen LogP contribution is 2.28. The first-order valence-corrected chi connectivity index (χ1v) is 7.36. The van der Waals surface area contributed by atoms with Crippen LogP contribution in [0.15, 0.2) is 24.3 Å². The third-order valence-corrected chi connectivity index (χ3v) is 3.88. The normalized spacial score (nSPS) is 15.7. The first-order valence-electron chi connectivity index (χ1n) is 6.28. The van der Waals surface area contributed by atoms with E-state index in [0.29, 0.717) is 0 Å². The number of rotatable bonds is 6. The summed E-state index contributed by atoms with van der Waals surface area (Å²) < 4.78 is 1.33. The van der Waals surface area contributed by atoms with Gasteiger partial charge in [0.25, 0.3) is 0 Å². The van der Waals surface area contributed by atoms with Gasteiger partial charge in [-0.25, -0.2) is 0 Å². The maximum Gasteiger partial charge on any atom is 0.0236 e. The van der Waals surface area contributed by atoms with Crippen LogP contribution in [-0.4, -0.2) is 17.5 Å². The van der Waals surface area contributed by atoms with Crippen LogP contribution < -0.4 is 0 Å². The first-order chi connectivity index (χ1) is 7.79. The van der Waals surface area contributed by atoms with E-state index in [1.807, 2.05) is 0 Å². The number of hydrogen-bond acceptors (Lipinski definition) is 1. The lowest BCUT2D eigenvalue weighted by molar-refractivity contribution is 0.250. The van der Waals surface area contributed by atoms with Gasteiger partial charge < -0.3 is 0 Å². The Morgan fingerprint density at radius 2 is 1.94 bits per heavy atom. The van der Waals surface area contributed by atoms with E-state index in [4.69, 9.17) is 0 Å². The van der Waals surface area contributed by atoms with Crippen LogP contribution >= 0.6 is 22.6 Å². The molecule has 1 aromatic carbocycles. The summed E-state index contributed by atoms with van der Waals surface area (Å²) >= 11 is 2.36. The van der Waals surface area contributed by atoms with E-state index >= 15 is 0 Å². The van der Waals surface area contributed by atoms with Crippen molar-refractivity contribution in [2.45, 2.75) is 45.2 Å². The quantitative estimate of drug-likeness (QED) is 0.712. The molecule has 0 saturated heterocycles. The number of unbranched alkanes of at least 4 members (excludes halogenated alkanes) is 1. The Hall–Kier alpha value is -0.0900. The Bertz CT molecular complexity index is 316. The predicted molar refractivity (Wildman–Crippen MR) is 77.5 cm³/mol. The predicted octanol–water partition coefficient (Wildman–Crippen LogP) is 4.06. The van der Waals surface area contributed by atoms with E-state index in [9.17, 15) is 0 Å². The van der Waals surface area contributed by atoms with Crippen LogP contribution in [0.25, 0.3) is 0 Å². The lowest BCUT2D eigenvalue weighted by atomic mass is 10.2. The van der Waals surface area contributed by atoms with Gasteiger partial charge in [0.15, 0.2) is 0 Å². The van der Waals surface area contributed by atoms with E-state index in [0.717, 1.165) is 12.6 Å². The molecule has 2 heteroatoms. The molecule has 0 atom stereocenters. The maximum absolute atomic E-state index is 2.66. The van der Waals surface area contributed by atoms with Crippen molar-refractivity contribution in [1.29, 1.82) is 0 Å². The third kappa shape index (κ3) is 3.74. The van der Waals surface area contributed by atoms with E-state index in [1.54, 1.807) is 0 Å². The second-order valence-corrected chi connectivity index (χ2v) is 5.93. The van der Waals surface area contributed by atoms with Gasteiger partial charge in [0.2, 0.25) is 0 Å². The molecule has 88 valence electrons. The standard InChI is InChI=1S/C14H20IN/c1-2-3-10-16(14-8-9-14)11-12-4-6-13(15)7-5-12/h4-7,14H,2-3,8-11H2,1H3. The molecular formula is C14H20IN. The van der Waals surface area contributed by atoms with E-state index in [1.165, 1.54) is 41.4 Å². The molecule has 1 fully saturated rings. The van der Waals surface area contributed by atoms with Crippen molar-refractivity contribution >= 4 is 22.6 Å². The van der Waals surface area contributed by atoms with Gasteiger partial charge in [-0.1, -0.05) is 25.5 Å². The average molecular weight is 329 g/mol. The summed E-state index contributed by atoms with van der Waals surface area (Å²) in [6, 6.07) is 9.83. The van der Waals surface area contributed by atoms with Crippen LogP contribution in [-0.2, 0) is 6.54 Å². The molecule has 0 heterocycles. The van der Waals surface area contributed by atoms with Gasteiger partial charge in [0, 0.05) is 16.2 Å². The van der Waals surface area contributed by atoms with Crippen molar-refractivity contribution in [1.82, 2.24) is 4.90 Å². The van der Waals surface area contributed by atoms with Crippen molar-refractivity contribution in [2.75, 3.05) is 6.54 Å². The Balaban J connectivity index is 1.91. The van der Waals surface area contributed by atoms with Crippen molar-refractivity contribution in [3.63, 3.8) is 0 Å². The highest BCUT2D eigenvalue weighted by molar-refractivity contribution is 14.1. The minimum atomic E-state index is 0.880. The zero-order valence-electron chi connectivity index (χ0n) is 9.95. The molecule has 1 aromatic rings. The van der Waals surface area contributed by atoms with E-state index in [-0.39, 0.29) is 0 Å². The van der Waals surface area contributed by atoms with Crippen molar-refractivity contribution in [3.8, 4) is 0 Å². The third-order valence-electron chi connectivity index (χ3n) is 3.16. The molecule has 16 heavy (non-hydrogen) atoms. The molecule has 0 N–H and O–H groups in total. The van der Waals surface area contributed by atoms with Crippen molar-refractivity contribution in [2.24, 2.45) is 0 Å². The number of halogens is 1. The number of benzene rings is 1. The Kier molecular flexibility index (Phi) is 4.65. The molecule has 0 unspecified atom stereocenters. The van der Waals surface area contributed by atoms with Crippen LogP contribution in [0.1, 0.15) is 38.2 Å². The number of hydrogen-bond donors (Lipinski definition) is 0. The molecule has 1 nitrogen and oxygen atoms in total. The largest absolute Gasteiger partial charge is 0.296 e. The van der Waals surface area contributed by atoms with E-state index in [2.05, 4.69) is 58.7 Å². The average Bonchev–Trinajstić information content (AvgIpc) is 3.11. The summed E-state index contributed by atoms with van der Waals surface area (Å²) in [6.07, 6.45) is 5.46. The first kappa shape index (κ1) is 12.4. The molecule has 1 saturated carbocycles. The zero-order chi connectivity index (χ0) is 11.4. The lowest BCUT2D eigenvalue weighted by Crippen LogP contribution is -2.26. The molecule has 1 aliphatic rings. The van der Waals surface area contributed by atoms with Gasteiger partial charge in [0.1, 0.15) is 0 Å². The van der Waals surface area contributed by atoms with Crippen LogP contribution in [0.5, 0.6) is 0 Å². The van der Waals surface area contributed by atoms with Gasteiger partial charge in [-0.05, 0) is 66.1 Å². The summed E-state index contributed by atoms with van der Waals surface area (Å²) in [4.78, 5) is 2.66. The highest BCUT2D eigenvalue weighted by atomic mass is 127. The minimum Gasteiger partial charge on any atom is -0.296 e. The molecule has 2 rings (SSSR count). The van der Waals surface area contributed by atoms with Gasteiger partial charge >= 0.3 is 0 Å². The summed E-state index contributed by atoms with van der Waals surface area (Å²) in [6.45, 7) is 4.69. The van der Waals surface area contributed by atoms with Crippen LogP contribution in [0.4, 0.5) is 0 Å². The SMILES string of the molecule is CCCCN(Cc1ccc(I)cc1)C1CC1. The summed E-state index contributed by atoms with van der Waals surface area (Å²) in [5.74, 6) is 0. The van der Waals surface area contributed by atoms with Gasteiger partial charge in [-0.2, -0.15) is 0 Å². The monoisotopic (exact) mass is 329 g/mol. The molecule has 0 bridgehead atoms. The fraction of sp³-hybridized carbons (Fsp3) is 0.571. The van der Waals surface area contributed by atoms with Crippen molar-refractivity contribution in [3.05, 3.63) is 33.4 Å². The summed E-state index contributed by atoms with van der Waals surface area (Å²) in [7, 11) is 0.